The number of hydrogen-bond donors (Lipinski definition) is 0. The average Bonchev–Trinajstić information content (AvgIpc) is 3.26. The van der Waals surface area contributed by atoms with Crippen LogP contribution in [-0.2, 0) is 29.5 Å². The van der Waals surface area contributed by atoms with Crippen LogP contribution in [0.4, 0.5) is 5.82 Å². The van der Waals surface area contributed by atoms with Crippen LogP contribution >= 0.6 is 0 Å². The molecule has 0 saturated carbocycles. The zero-order valence-electron chi connectivity index (χ0n) is 17.3. The number of aromatic nitrogens is 3. The van der Waals surface area contributed by atoms with Crippen LogP contribution in [0.1, 0.15) is 16.7 Å². The van der Waals surface area contributed by atoms with Gasteiger partial charge >= 0.3 is 0 Å². The van der Waals surface area contributed by atoms with Crippen molar-refractivity contribution in [1.82, 2.24) is 15.0 Å². The fraction of sp³-hybridized carbons (Fsp3) is 0.167. The van der Waals surface area contributed by atoms with Gasteiger partial charge in [0.05, 0.1) is 17.6 Å². The molecule has 0 aliphatic rings. The van der Waals surface area contributed by atoms with E-state index in [9.17, 15) is 8.42 Å². The van der Waals surface area contributed by atoms with Crippen LogP contribution in [0, 0.1) is 6.92 Å². The lowest BCUT2D eigenvalue weighted by Gasteiger charge is -2.22. The highest BCUT2D eigenvalue weighted by Gasteiger charge is 2.27. The summed E-state index contributed by atoms with van der Waals surface area (Å²) in [6.45, 7) is 2.71. The predicted octanol–water partition coefficient (Wildman–Crippen LogP) is 4.22. The van der Waals surface area contributed by atoms with Gasteiger partial charge in [0.25, 0.3) is 10.0 Å². The van der Waals surface area contributed by atoms with Crippen molar-refractivity contribution in [3.8, 4) is 0 Å². The molecule has 7 heteroatoms. The quantitative estimate of drug-likeness (QED) is 0.418. The molecule has 0 spiro atoms. The van der Waals surface area contributed by atoms with Crippen LogP contribution in [-0.4, -0.2) is 23.4 Å². The highest BCUT2D eigenvalue weighted by molar-refractivity contribution is 7.92. The molecule has 4 aromatic rings. The molecule has 0 aliphatic heterocycles. The van der Waals surface area contributed by atoms with Gasteiger partial charge in [0.1, 0.15) is 0 Å². The smallest absolute Gasteiger partial charge is 0.250 e. The number of aryl methyl sites for hydroxylation is 3. The number of anilines is 1. The molecular formula is C24H24N4O2S. The molecule has 0 unspecified atom stereocenters. The Morgan fingerprint density at radius 1 is 0.839 bits per heavy atom. The van der Waals surface area contributed by atoms with Crippen LogP contribution in [0.3, 0.4) is 0 Å². The molecule has 3 aromatic carbocycles. The fourth-order valence-corrected chi connectivity index (χ4v) is 4.66. The Labute approximate surface area is 182 Å². The van der Waals surface area contributed by atoms with E-state index in [1.54, 1.807) is 35.1 Å². The Kier molecular flexibility index (Phi) is 6.13. The van der Waals surface area contributed by atoms with Crippen LogP contribution < -0.4 is 4.31 Å². The predicted molar refractivity (Wildman–Crippen MR) is 121 cm³/mol. The van der Waals surface area contributed by atoms with Gasteiger partial charge in [-0.05, 0) is 36.6 Å². The molecule has 0 fully saturated rings. The average molecular weight is 433 g/mol. The van der Waals surface area contributed by atoms with Gasteiger partial charge in [0, 0.05) is 6.54 Å². The summed E-state index contributed by atoms with van der Waals surface area (Å²) in [7, 11) is -3.81. The van der Waals surface area contributed by atoms with Crippen LogP contribution in [0.15, 0.2) is 96.0 Å². The van der Waals surface area contributed by atoms with Crippen molar-refractivity contribution in [2.75, 3.05) is 4.31 Å². The minimum atomic E-state index is -3.81. The van der Waals surface area contributed by atoms with Gasteiger partial charge in [0.2, 0.25) is 0 Å². The van der Waals surface area contributed by atoms with Crippen molar-refractivity contribution in [2.24, 2.45) is 0 Å². The minimum Gasteiger partial charge on any atom is -0.250 e. The largest absolute Gasteiger partial charge is 0.265 e. The Morgan fingerprint density at radius 3 is 2.10 bits per heavy atom. The number of rotatable bonds is 8. The first-order valence-electron chi connectivity index (χ1n) is 10.1. The normalized spacial score (nSPS) is 11.4. The van der Waals surface area contributed by atoms with E-state index in [-0.39, 0.29) is 11.4 Å². The molecule has 0 N–H and O–H groups in total. The van der Waals surface area contributed by atoms with Gasteiger partial charge in [0.15, 0.2) is 5.82 Å². The van der Waals surface area contributed by atoms with Gasteiger partial charge in [-0.2, -0.15) is 0 Å². The third kappa shape index (κ3) is 5.00. The first-order chi connectivity index (χ1) is 15.0. The van der Waals surface area contributed by atoms with Crippen LogP contribution in [0.5, 0.6) is 0 Å². The third-order valence-electron chi connectivity index (χ3n) is 5.03. The molecule has 1 aromatic heterocycles. The summed E-state index contributed by atoms with van der Waals surface area (Å²) in [5.41, 5.74) is 3.06. The van der Waals surface area contributed by atoms with Crippen LogP contribution in [0.25, 0.3) is 0 Å². The van der Waals surface area contributed by atoms with E-state index in [1.807, 2.05) is 55.5 Å². The van der Waals surface area contributed by atoms with Crippen molar-refractivity contribution >= 4 is 15.8 Å². The highest BCUT2D eigenvalue weighted by atomic mass is 32.2. The van der Waals surface area contributed by atoms with Gasteiger partial charge in [-0.15, -0.1) is 5.10 Å². The Morgan fingerprint density at radius 2 is 1.45 bits per heavy atom. The SMILES string of the molecule is Cc1ccc(S(=O)(=O)N(Cc2ccccc2)c2cn(CCc3ccccc3)nn2)cc1. The monoisotopic (exact) mass is 432 g/mol. The second-order valence-electron chi connectivity index (χ2n) is 7.39. The fourth-order valence-electron chi connectivity index (χ4n) is 3.28. The summed E-state index contributed by atoms with van der Waals surface area (Å²) in [6, 6.07) is 26.4. The van der Waals surface area contributed by atoms with Gasteiger partial charge in [-0.3, -0.25) is 0 Å². The molecule has 0 radical (unpaired) electrons. The molecule has 0 bridgehead atoms. The molecule has 6 nitrogen and oxygen atoms in total. The van der Waals surface area contributed by atoms with E-state index in [2.05, 4.69) is 22.4 Å². The van der Waals surface area contributed by atoms with Crippen molar-refractivity contribution in [2.45, 2.75) is 31.3 Å². The molecule has 0 atom stereocenters. The molecule has 158 valence electrons. The molecule has 0 aliphatic carbocycles. The Bertz CT molecular complexity index is 1220. The van der Waals surface area contributed by atoms with E-state index in [1.165, 1.54) is 9.87 Å². The summed E-state index contributed by atoms with van der Waals surface area (Å²) in [6.07, 6.45) is 2.48. The summed E-state index contributed by atoms with van der Waals surface area (Å²) >= 11 is 0. The number of sulfonamides is 1. The maximum atomic E-state index is 13.5. The van der Waals surface area contributed by atoms with E-state index in [0.717, 1.165) is 17.5 Å². The van der Waals surface area contributed by atoms with Gasteiger partial charge in [-0.1, -0.05) is 83.6 Å². The second kappa shape index (κ2) is 9.14. The summed E-state index contributed by atoms with van der Waals surface area (Å²) in [5, 5.41) is 8.37. The Hall–Kier alpha value is -3.45. The molecule has 0 saturated heterocycles. The third-order valence-corrected chi connectivity index (χ3v) is 6.80. The minimum absolute atomic E-state index is 0.175. The number of nitrogens with zero attached hydrogens (tertiary/aromatic N) is 4. The van der Waals surface area contributed by atoms with Crippen molar-refractivity contribution in [1.29, 1.82) is 0 Å². The Balaban J connectivity index is 1.63. The molecule has 4 rings (SSSR count). The van der Waals surface area contributed by atoms with E-state index >= 15 is 0 Å². The lowest BCUT2D eigenvalue weighted by atomic mass is 10.1. The summed E-state index contributed by atoms with van der Waals surface area (Å²) in [5.74, 6) is 0.303. The van der Waals surface area contributed by atoms with Crippen molar-refractivity contribution < 1.29 is 8.42 Å². The summed E-state index contributed by atoms with van der Waals surface area (Å²) < 4.78 is 30.0. The lowest BCUT2D eigenvalue weighted by Crippen LogP contribution is -2.31. The standard InChI is InChI=1S/C24H24N4O2S/c1-20-12-14-23(15-13-20)31(29,30)28(18-22-10-6-3-7-11-22)24-19-27(26-25-24)17-16-21-8-4-2-5-9-21/h2-15,19H,16-18H2,1H3. The first kappa shape index (κ1) is 20.8. The van der Waals surface area contributed by atoms with E-state index < -0.39 is 10.0 Å². The lowest BCUT2D eigenvalue weighted by molar-refractivity contribution is 0.588. The van der Waals surface area contributed by atoms with Gasteiger partial charge < -0.3 is 0 Å². The van der Waals surface area contributed by atoms with E-state index in [0.29, 0.717) is 12.4 Å². The molecule has 0 amide bonds. The molecular weight excluding hydrogens is 408 g/mol. The van der Waals surface area contributed by atoms with E-state index in [4.69, 9.17) is 0 Å². The highest BCUT2D eigenvalue weighted by Crippen LogP contribution is 2.24. The zero-order valence-corrected chi connectivity index (χ0v) is 18.1. The maximum absolute atomic E-state index is 13.5. The topological polar surface area (TPSA) is 68.1 Å². The van der Waals surface area contributed by atoms with Crippen LogP contribution in [0.2, 0.25) is 0 Å². The van der Waals surface area contributed by atoms with Gasteiger partial charge in [-0.25, -0.2) is 17.4 Å². The first-order valence-corrected chi connectivity index (χ1v) is 11.5. The summed E-state index contributed by atoms with van der Waals surface area (Å²) in [4.78, 5) is 0.230. The van der Waals surface area contributed by atoms with Crippen molar-refractivity contribution in [3.05, 3.63) is 108 Å². The molecule has 1 heterocycles. The zero-order chi connectivity index (χ0) is 21.7. The maximum Gasteiger partial charge on any atom is 0.265 e. The second-order valence-corrected chi connectivity index (χ2v) is 9.25. The number of hydrogen-bond acceptors (Lipinski definition) is 4. The molecule has 31 heavy (non-hydrogen) atoms. The van der Waals surface area contributed by atoms with Crippen molar-refractivity contribution in [3.63, 3.8) is 0 Å². The number of benzene rings is 3.